The molecule has 0 fully saturated rings. The lowest BCUT2D eigenvalue weighted by atomic mass is 10.0. The van der Waals surface area contributed by atoms with Crippen molar-refractivity contribution in [3.8, 4) is 0 Å². The van der Waals surface area contributed by atoms with E-state index >= 15 is 0 Å². The number of allylic oxidation sites excluding steroid dienone is 1. The van der Waals surface area contributed by atoms with Crippen LogP contribution in [-0.2, 0) is 28.6 Å². The Morgan fingerprint density at radius 3 is 2.14 bits per heavy atom. The van der Waals surface area contributed by atoms with Crippen LogP contribution in [0.3, 0.4) is 0 Å². The van der Waals surface area contributed by atoms with Gasteiger partial charge in [0, 0.05) is 6.42 Å². The van der Waals surface area contributed by atoms with Gasteiger partial charge in [0.1, 0.15) is 6.04 Å². The molecule has 0 heterocycles. The molecule has 0 spiro atoms. The molecule has 0 aliphatic rings. The molecule has 0 aromatic carbocycles. The van der Waals surface area contributed by atoms with E-state index in [1.807, 2.05) is 0 Å². The van der Waals surface area contributed by atoms with E-state index in [-0.39, 0.29) is 12.4 Å². The van der Waals surface area contributed by atoms with Gasteiger partial charge in [0.2, 0.25) is 0 Å². The van der Waals surface area contributed by atoms with Crippen LogP contribution in [0, 0.1) is 5.92 Å². The first-order chi connectivity index (χ1) is 9.96. The molecule has 0 aromatic heterocycles. The molecule has 7 heteroatoms. The molecule has 0 aromatic rings. The number of carbonyl (C=O) groups is 3. The monoisotopic (exact) mass is 301 g/mol. The summed E-state index contributed by atoms with van der Waals surface area (Å²) in [7, 11) is 3.85. The predicted molar refractivity (Wildman–Crippen MR) is 75.1 cm³/mol. The number of hydrogen-bond donors (Lipinski definition) is 1. The van der Waals surface area contributed by atoms with E-state index in [0.717, 1.165) is 0 Å². The third kappa shape index (κ3) is 8.09. The van der Waals surface area contributed by atoms with Crippen molar-refractivity contribution in [1.82, 2.24) is 0 Å². The number of methoxy groups -OCH3 is 3. The lowest BCUT2D eigenvalue weighted by Gasteiger charge is -2.10. The summed E-state index contributed by atoms with van der Waals surface area (Å²) < 4.78 is 13.7. The second-order valence-corrected chi connectivity index (χ2v) is 4.38. The Bertz CT molecular complexity index is 380. The number of hydrogen-bond acceptors (Lipinski definition) is 7. The molecule has 0 radical (unpaired) electrons. The molecule has 0 aliphatic heterocycles. The van der Waals surface area contributed by atoms with Crippen molar-refractivity contribution in [3.05, 3.63) is 12.2 Å². The summed E-state index contributed by atoms with van der Waals surface area (Å²) in [6, 6.07) is -0.689. The van der Waals surface area contributed by atoms with Crippen molar-refractivity contribution >= 4 is 17.9 Å². The Morgan fingerprint density at radius 2 is 1.62 bits per heavy atom. The lowest BCUT2D eigenvalue weighted by Crippen LogP contribution is -2.31. The minimum atomic E-state index is -0.689. The Hall–Kier alpha value is -1.89. The quantitative estimate of drug-likeness (QED) is 0.377. The van der Waals surface area contributed by atoms with E-state index in [9.17, 15) is 14.4 Å². The summed E-state index contributed by atoms with van der Waals surface area (Å²) in [6.07, 6.45) is 4.75. The fourth-order valence-corrected chi connectivity index (χ4v) is 1.62. The van der Waals surface area contributed by atoms with Crippen LogP contribution in [0.15, 0.2) is 12.2 Å². The van der Waals surface area contributed by atoms with E-state index in [0.29, 0.717) is 19.3 Å². The van der Waals surface area contributed by atoms with Crippen LogP contribution >= 0.6 is 0 Å². The van der Waals surface area contributed by atoms with Crippen molar-refractivity contribution in [2.45, 2.75) is 31.7 Å². The van der Waals surface area contributed by atoms with Gasteiger partial charge in [-0.15, -0.1) is 0 Å². The van der Waals surface area contributed by atoms with E-state index in [2.05, 4.69) is 14.2 Å². The molecule has 21 heavy (non-hydrogen) atoms. The predicted octanol–water partition coefficient (Wildman–Crippen LogP) is 0.566. The first-order valence-corrected chi connectivity index (χ1v) is 6.61. The Morgan fingerprint density at radius 1 is 1.00 bits per heavy atom. The van der Waals surface area contributed by atoms with Gasteiger partial charge in [-0.25, -0.2) is 0 Å². The molecule has 0 amide bonds. The molecule has 0 aliphatic carbocycles. The Kier molecular flexibility index (Phi) is 9.87. The first kappa shape index (κ1) is 19.1. The summed E-state index contributed by atoms with van der Waals surface area (Å²) in [5, 5.41) is 0. The van der Waals surface area contributed by atoms with Gasteiger partial charge in [-0.05, 0) is 19.3 Å². The van der Waals surface area contributed by atoms with E-state index in [1.165, 1.54) is 21.3 Å². The second kappa shape index (κ2) is 10.8. The third-order valence-electron chi connectivity index (χ3n) is 2.91. The zero-order valence-electron chi connectivity index (χ0n) is 12.7. The van der Waals surface area contributed by atoms with Gasteiger partial charge in [0.25, 0.3) is 0 Å². The van der Waals surface area contributed by atoms with Gasteiger partial charge >= 0.3 is 17.9 Å². The van der Waals surface area contributed by atoms with E-state index < -0.39 is 23.9 Å². The van der Waals surface area contributed by atoms with Crippen molar-refractivity contribution in [1.29, 1.82) is 0 Å². The van der Waals surface area contributed by atoms with E-state index in [1.54, 1.807) is 12.2 Å². The second-order valence-electron chi connectivity index (χ2n) is 4.38. The largest absolute Gasteiger partial charge is 0.469 e. The van der Waals surface area contributed by atoms with Gasteiger partial charge in [-0.1, -0.05) is 12.2 Å². The number of esters is 3. The molecule has 0 saturated heterocycles. The standard InChI is InChI=1S/C14H23NO6/c1-19-12(16)9-8-10(13(17)20-2)6-4-5-7-11(15)14(18)21-3/h4,6,10-11H,5,7-9,15H2,1-3H3/b6-4+/t10-,11-/m0/s1. The average Bonchev–Trinajstić information content (AvgIpc) is 2.51. The van der Waals surface area contributed by atoms with Crippen LogP contribution < -0.4 is 5.73 Å². The maximum Gasteiger partial charge on any atom is 0.322 e. The van der Waals surface area contributed by atoms with Crippen LogP contribution in [0.4, 0.5) is 0 Å². The van der Waals surface area contributed by atoms with Gasteiger partial charge in [-0.3, -0.25) is 14.4 Å². The highest BCUT2D eigenvalue weighted by Crippen LogP contribution is 2.12. The van der Waals surface area contributed by atoms with Gasteiger partial charge < -0.3 is 19.9 Å². The highest BCUT2D eigenvalue weighted by atomic mass is 16.5. The van der Waals surface area contributed by atoms with Crippen molar-refractivity contribution in [2.75, 3.05) is 21.3 Å². The fourth-order valence-electron chi connectivity index (χ4n) is 1.62. The first-order valence-electron chi connectivity index (χ1n) is 6.61. The lowest BCUT2D eigenvalue weighted by molar-refractivity contribution is -0.145. The summed E-state index contributed by atoms with van der Waals surface area (Å²) >= 11 is 0. The van der Waals surface area contributed by atoms with Crippen LogP contribution in [0.25, 0.3) is 0 Å². The summed E-state index contributed by atoms with van der Waals surface area (Å²) in [5.41, 5.74) is 5.59. The van der Waals surface area contributed by atoms with Gasteiger partial charge in [0.05, 0.1) is 27.2 Å². The summed E-state index contributed by atoms with van der Waals surface area (Å²) in [5.74, 6) is -1.81. The van der Waals surface area contributed by atoms with Crippen LogP contribution in [0.2, 0.25) is 0 Å². The van der Waals surface area contributed by atoms with E-state index in [4.69, 9.17) is 5.73 Å². The number of carbonyl (C=O) groups excluding carboxylic acids is 3. The molecule has 2 N–H and O–H groups in total. The number of ether oxygens (including phenoxy) is 3. The normalized spacial score (nSPS) is 13.5. The van der Waals surface area contributed by atoms with Crippen LogP contribution in [0.5, 0.6) is 0 Å². The molecular weight excluding hydrogens is 278 g/mol. The Labute approximate surface area is 124 Å². The van der Waals surface area contributed by atoms with Gasteiger partial charge in [-0.2, -0.15) is 0 Å². The highest BCUT2D eigenvalue weighted by molar-refractivity contribution is 5.76. The molecule has 0 bridgehead atoms. The average molecular weight is 301 g/mol. The smallest absolute Gasteiger partial charge is 0.322 e. The van der Waals surface area contributed by atoms with Crippen LogP contribution in [-0.4, -0.2) is 45.3 Å². The summed E-state index contributed by atoms with van der Waals surface area (Å²) in [6.45, 7) is 0. The minimum absolute atomic E-state index is 0.127. The number of nitrogens with two attached hydrogens (primary N) is 1. The van der Waals surface area contributed by atoms with Crippen molar-refractivity contribution in [3.63, 3.8) is 0 Å². The van der Waals surface area contributed by atoms with Crippen molar-refractivity contribution in [2.24, 2.45) is 11.7 Å². The molecule has 2 atom stereocenters. The van der Waals surface area contributed by atoms with Gasteiger partial charge in [0.15, 0.2) is 0 Å². The zero-order chi connectivity index (χ0) is 16.3. The van der Waals surface area contributed by atoms with Crippen LogP contribution in [0.1, 0.15) is 25.7 Å². The summed E-state index contributed by atoms with van der Waals surface area (Å²) in [4.78, 5) is 33.8. The SMILES string of the molecule is COC(=O)CC[C@H](/C=C/CC[C@H](N)C(=O)OC)C(=O)OC. The van der Waals surface area contributed by atoms with Crippen molar-refractivity contribution < 1.29 is 28.6 Å². The topological polar surface area (TPSA) is 105 Å². The molecule has 0 rings (SSSR count). The zero-order valence-corrected chi connectivity index (χ0v) is 12.7. The molecule has 7 nitrogen and oxygen atoms in total. The fraction of sp³-hybridized carbons (Fsp3) is 0.643. The number of rotatable bonds is 9. The molecular formula is C14H23NO6. The molecule has 120 valence electrons. The Balaban J connectivity index is 4.33. The highest BCUT2D eigenvalue weighted by Gasteiger charge is 2.18. The molecule has 0 unspecified atom stereocenters. The molecule has 0 saturated carbocycles. The minimum Gasteiger partial charge on any atom is -0.469 e. The maximum absolute atomic E-state index is 11.6. The third-order valence-corrected chi connectivity index (χ3v) is 2.91. The maximum atomic E-state index is 11.6.